The molecule has 1 saturated carbocycles. The van der Waals surface area contributed by atoms with Gasteiger partial charge in [0.2, 0.25) is 0 Å². The van der Waals surface area contributed by atoms with E-state index in [1.165, 1.54) is 6.07 Å². The van der Waals surface area contributed by atoms with E-state index in [4.69, 9.17) is 46.4 Å². The summed E-state index contributed by atoms with van der Waals surface area (Å²) in [5.74, 6) is -0.184. The Morgan fingerprint density at radius 1 is 0.947 bits per heavy atom. The number of hydrogen-bond donors (Lipinski definition) is 0. The highest BCUT2D eigenvalue weighted by molar-refractivity contribution is 6.51. The number of carbonyl (C=O) groups excluding carboxylic acids is 1. The molecule has 2 rings (SSSR count). The molecule has 0 N–H and O–H groups in total. The van der Waals surface area contributed by atoms with Crippen molar-refractivity contribution in [2.24, 2.45) is 16.7 Å². The lowest BCUT2D eigenvalue weighted by Crippen LogP contribution is -2.09. The molecule has 1 aliphatic rings. The van der Waals surface area contributed by atoms with Crippen LogP contribution in [-0.2, 0) is 0 Å². The van der Waals surface area contributed by atoms with Crippen LogP contribution in [0.25, 0.3) is 0 Å². The number of halogens is 4. The SMILES string of the molecule is CC1(C)C(C(=O)c2c(Cl)cc(Cl)c(Cl)c2Cl)C1(C)C. The maximum Gasteiger partial charge on any atom is 0.170 e. The van der Waals surface area contributed by atoms with Gasteiger partial charge in [-0.2, -0.15) is 0 Å². The minimum atomic E-state index is -0.118. The standard InChI is InChI=1S/C14H14Cl4O/c1-13(2)12(14(13,3)4)11(19)8-6(15)5-7(16)9(17)10(8)18/h5,12H,1-4H3. The van der Waals surface area contributed by atoms with Crippen molar-refractivity contribution in [1.29, 1.82) is 0 Å². The Bertz CT molecular complexity index is 561. The molecular weight excluding hydrogens is 326 g/mol. The molecule has 1 fully saturated rings. The van der Waals surface area contributed by atoms with Gasteiger partial charge in [0.05, 0.1) is 25.7 Å². The molecule has 19 heavy (non-hydrogen) atoms. The van der Waals surface area contributed by atoms with Crippen molar-refractivity contribution in [3.8, 4) is 0 Å². The summed E-state index contributed by atoms with van der Waals surface area (Å²) in [5, 5.41) is 0.820. The molecule has 0 atom stereocenters. The Morgan fingerprint density at radius 3 is 1.84 bits per heavy atom. The molecule has 0 aromatic heterocycles. The van der Waals surface area contributed by atoms with E-state index < -0.39 is 0 Å². The molecule has 0 heterocycles. The lowest BCUT2D eigenvalue weighted by molar-refractivity contribution is 0.0945. The lowest BCUT2D eigenvalue weighted by atomic mass is 10.0. The van der Waals surface area contributed by atoms with E-state index in [9.17, 15) is 4.79 Å². The average Bonchev–Trinajstić information content (AvgIpc) is 2.66. The number of ketones is 1. The molecule has 1 aliphatic carbocycles. The van der Waals surface area contributed by atoms with Crippen LogP contribution in [0.3, 0.4) is 0 Å². The van der Waals surface area contributed by atoms with Gasteiger partial charge in [-0.3, -0.25) is 4.79 Å². The first-order valence-electron chi connectivity index (χ1n) is 5.90. The van der Waals surface area contributed by atoms with Crippen molar-refractivity contribution in [3.63, 3.8) is 0 Å². The number of hydrogen-bond acceptors (Lipinski definition) is 1. The van der Waals surface area contributed by atoms with Crippen LogP contribution in [0.2, 0.25) is 20.1 Å². The summed E-state index contributed by atoms with van der Waals surface area (Å²) >= 11 is 24.1. The summed E-state index contributed by atoms with van der Waals surface area (Å²) in [6.07, 6.45) is 0. The quantitative estimate of drug-likeness (QED) is 0.358. The fraction of sp³-hybridized carbons (Fsp3) is 0.500. The molecule has 1 nitrogen and oxygen atoms in total. The largest absolute Gasteiger partial charge is 0.294 e. The first-order valence-corrected chi connectivity index (χ1v) is 7.42. The Kier molecular flexibility index (Phi) is 3.68. The van der Waals surface area contributed by atoms with Gasteiger partial charge in [0.25, 0.3) is 0 Å². The molecule has 0 unspecified atom stereocenters. The van der Waals surface area contributed by atoms with Crippen molar-refractivity contribution in [2.75, 3.05) is 0 Å². The third-order valence-electron chi connectivity index (χ3n) is 4.64. The second kappa shape index (κ2) is 4.53. The smallest absolute Gasteiger partial charge is 0.170 e. The topological polar surface area (TPSA) is 17.1 Å². The van der Waals surface area contributed by atoms with Crippen molar-refractivity contribution in [3.05, 3.63) is 31.7 Å². The van der Waals surface area contributed by atoms with Gasteiger partial charge in [0, 0.05) is 5.92 Å². The fourth-order valence-electron chi connectivity index (χ4n) is 2.79. The van der Waals surface area contributed by atoms with Gasteiger partial charge in [0.15, 0.2) is 5.78 Å². The monoisotopic (exact) mass is 338 g/mol. The minimum Gasteiger partial charge on any atom is -0.294 e. The zero-order valence-corrected chi connectivity index (χ0v) is 14.1. The fourth-order valence-corrected chi connectivity index (χ4v) is 3.89. The maximum absolute atomic E-state index is 12.7. The van der Waals surface area contributed by atoms with Crippen molar-refractivity contribution < 1.29 is 4.79 Å². The predicted octanol–water partition coefficient (Wildman–Crippen LogP) is 6.17. The van der Waals surface area contributed by atoms with Gasteiger partial charge >= 0.3 is 0 Å². The van der Waals surface area contributed by atoms with Gasteiger partial charge in [-0.1, -0.05) is 74.1 Å². The second-order valence-electron chi connectivity index (χ2n) is 6.08. The third-order valence-corrected chi connectivity index (χ3v) is 6.20. The summed E-state index contributed by atoms with van der Waals surface area (Å²) in [6, 6.07) is 1.47. The minimum absolute atomic E-state index is 0.0661. The Labute approximate surface area is 133 Å². The highest BCUT2D eigenvalue weighted by Gasteiger charge is 2.68. The molecule has 1 aromatic carbocycles. The van der Waals surface area contributed by atoms with Crippen LogP contribution >= 0.6 is 46.4 Å². The second-order valence-corrected chi connectivity index (χ2v) is 7.65. The molecular formula is C14H14Cl4O. The maximum atomic E-state index is 12.7. The Balaban J connectivity index is 2.51. The normalized spacial score (nSPS) is 20.4. The van der Waals surface area contributed by atoms with Gasteiger partial charge in [-0.15, -0.1) is 0 Å². The van der Waals surface area contributed by atoms with E-state index in [0.717, 1.165) is 0 Å². The zero-order chi connectivity index (χ0) is 14.7. The number of Topliss-reactive ketones (excluding diaryl/α,β-unsaturated/α-hetero) is 1. The van der Waals surface area contributed by atoms with Crippen LogP contribution in [0.1, 0.15) is 38.1 Å². The highest BCUT2D eigenvalue weighted by Crippen LogP contribution is 2.69. The first-order chi connectivity index (χ1) is 8.53. The van der Waals surface area contributed by atoms with E-state index in [0.29, 0.717) is 0 Å². The van der Waals surface area contributed by atoms with Crippen LogP contribution in [0, 0.1) is 16.7 Å². The number of rotatable bonds is 2. The van der Waals surface area contributed by atoms with Gasteiger partial charge in [-0.25, -0.2) is 0 Å². The molecule has 0 aliphatic heterocycles. The zero-order valence-electron chi connectivity index (χ0n) is 11.1. The molecule has 0 amide bonds. The van der Waals surface area contributed by atoms with Crippen LogP contribution in [0.15, 0.2) is 6.07 Å². The third kappa shape index (κ3) is 2.10. The molecule has 5 heteroatoms. The van der Waals surface area contributed by atoms with Crippen molar-refractivity contribution >= 4 is 52.2 Å². The van der Waals surface area contributed by atoms with Gasteiger partial charge in [-0.05, 0) is 16.9 Å². The van der Waals surface area contributed by atoms with Crippen LogP contribution < -0.4 is 0 Å². The van der Waals surface area contributed by atoms with Crippen LogP contribution in [0.5, 0.6) is 0 Å². The average molecular weight is 340 g/mol. The summed E-state index contributed by atoms with van der Waals surface area (Å²) in [5.41, 5.74) is 0.118. The molecule has 1 aromatic rings. The van der Waals surface area contributed by atoms with Crippen molar-refractivity contribution in [2.45, 2.75) is 27.7 Å². The van der Waals surface area contributed by atoms with E-state index in [1.807, 2.05) is 0 Å². The van der Waals surface area contributed by atoms with E-state index in [2.05, 4.69) is 27.7 Å². The molecule has 104 valence electrons. The predicted molar refractivity (Wildman–Crippen MR) is 81.9 cm³/mol. The number of carbonyl (C=O) groups is 1. The molecule has 0 bridgehead atoms. The molecule has 0 radical (unpaired) electrons. The Morgan fingerprint density at radius 2 is 1.42 bits per heavy atom. The first kappa shape index (κ1) is 15.4. The highest BCUT2D eigenvalue weighted by atomic mass is 35.5. The van der Waals surface area contributed by atoms with Gasteiger partial charge < -0.3 is 0 Å². The van der Waals surface area contributed by atoms with Crippen LogP contribution in [0.4, 0.5) is 0 Å². The molecule has 0 saturated heterocycles. The van der Waals surface area contributed by atoms with Crippen LogP contribution in [-0.4, -0.2) is 5.78 Å². The summed E-state index contributed by atoms with van der Waals surface area (Å²) in [4.78, 5) is 12.7. The van der Waals surface area contributed by atoms with E-state index >= 15 is 0 Å². The number of benzene rings is 1. The summed E-state index contributed by atoms with van der Waals surface area (Å²) in [7, 11) is 0. The van der Waals surface area contributed by atoms with Crippen molar-refractivity contribution in [1.82, 2.24) is 0 Å². The van der Waals surface area contributed by atoms with E-state index in [-0.39, 0.29) is 48.2 Å². The summed E-state index contributed by atoms with van der Waals surface area (Å²) in [6.45, 7) is 8.26. The Hall–Kier alpha value is 0.0500. The molecule has 0 spiro atoms. The summed E-state index contributed by atoms with van der Waals surface area (Å²) < 4.78 is 0. The lowest BCUT2D eigenvalue weighted by Gasteiger charge is -2.10. The van der Waals surface area contributed by atoms with E-state index in [1.54, 1.807) is 0 Å². The van der Waals surface area contributed by atoms with Gasteiger partial charge in [0.1, 0.15) is 0 Å².